The van der Waals surface area contributed by atoms with Crippen LogP contribution in [0.1, 0.15) is 45.4 Å². The van der Waals surface area contributed by atoms with Crippen LogP contribution in [0.25, 0.3) is 0 Å². The van der Waals surface area contributed by atoms with Crippen LogP contribution >= 0.6 is 0 Å². The molecule has 3 fully saturated rings. The number of hydrogen-bond acceptors (Lipinski definition) is 15. The van der Waals surface area contributed by atoms with Crippen molar-refractivity contribution in [2.45, 2.75) is 144 Å². The first-order valence-corrected chi connectivity index (χ1v) is 28.5. The van der Waals surface area contributed by atoms with E-state index in [2.05, 4.69) is 0 Å². The summed E-state index contributed by atoms with van der Waals surface area (Å²) in [6.45, 7) is 1.91. The zero-order valence-corrected chi connectivity index (χ0v) is 46.2. The average molecular weight is 1120 g/mol. The molecule has 0 unspecified atom stereocenters. The highest BCUT2D eigenvalue weighted by molar-refractivity contribution is 5.19. The van der Waals surface area contributed by atoms with E-state index in [1.165, 1.54) is 0 Å². The van der Waals surface area contributed by atoms with Crippen molar-refractivity contribution in [3.05, 3.63) is 251 Å². The molecule has 10 rings (SSSR count). The lowest BCUT2D eigenvalue weighted by molar-refractivity contribution is -0.351. The van der Waals surface area contributed by atoms with Crippen LogP contribution in [0, 0.1) is 0 Å². The summed E-state index contributed by atoms with van der Waals surface area (Å²) >= 11 is 0. The second kappa shape index (κ2) is 30.5. The molecule has 8 N–H and O–H groups in total. The molecule has 2 heterocycles. The second-order valence-corrected chi connectivity index (χ2v) is 21.2. The van der Waals surface area contributed by atoms with Crippen molar-refractivity contribution >= 4 is 0 Å². The van der Waals surface area contributed by atoms with Gasteiger partial charge in [0.15, 0.2) is 12.6 Å². The Balaban J connectivity index is 0.985. The Kier molecular flexibility index (Phi) is 22.0. The van der Waals surface area contributed by atoms with Crippen LogP contribution < -0.4 is 22.9 Å². The third-order valence-electron chi connectivity index (χ3n) is 15.2. The number of rotatable bonds is 27. The molecule has 0 aromatic heterocycles. The predicted octanol–water partition coefficient (Wildman–Crippen LogP) is 8.28. The van der Waals surface area contributed by atoms with Crippen LogP contribution in [0.2, 0.25) is 0 Å². The van der Waals surface area contributed by atoms with E-state index in [1.807, 2.05) is 212 Å². The summed E-state index contributed by atoms with van der Waals surface area (Å²) in [5.74, 6) is 0. The van der Waals surface area contributed by atoms with Crippen molar-refractivity contribution < 1.29 is 52.1 Å². The third-order valence-corrected chi connectivity index (χ3v) is 15.2. The number of nitrogens with two attached hydrogens (primary N) is 4. The summed E-state index contributed by atoms with van der Waals surface area (Å²) in [4.78, 5) is 0. The molecule has 82 heavy (non-hydrogen) atoms. The lowest BCUT2D eigenvalue weighted by Gasteiger charge is -2.51. The molecule has 0 amide bonds. The zero-order chi connectivity index (χ0) is 56.3. The predicted molar refractivity (Wildman–Crippen MR) is 311 cm³/mol. The zero-order valence-electron chi connectivity index (χ0n) is 46.2. The molecular formula is C67H78N4O11. The maximum absolute atomic E-state index is 7.41. The molecular weight excluding hydrogens is 1040 g/mol. The Bertz CT molecular complexity index is 2870. The maximum atomic E-state index is 7.41. The molecule has 0 spiro atoms. The van der Waals surface area contributed by atoms with E-state index in [0.717, 1.165) is 38.9 Å². The summed E-state index contributed by atoms with van der Waals surface area (Å²) in [5, 5.41) is 0. The van der Waals surface area contributed by atoms with Gasteiger partial charge in [-0.2, -0.15) is 0 Å². The van der Waals surface area contributed by atoms with Crippen LogP contribution in [0.4, 0.5) is 0 Å². The summed E-state index contributed by atoms with van der Waals surface area (Å²) < 4.78 is 76.5. The van der Waals surface area contributed by atoms with Crippen LogP contribution in [-0.2, 0) is 98.4 Å². The molecule has 3 aliphatic rings. The smallest absolute Gasteiger partial charge is 0.187 e. The van der Waals surface area contributed by atoms with Crippen molar-refractivity contribution in [1.29, 1.82) is 0 Å². The Morgan fingerprint density at radius 2 is 0.610 bits per heavy atom. The van der Waals surface area contributed by atoms with E-state index in [4.69, 9.17) is 75.0 Å². The summed E-state index contributed by atoms with van der Waals surface area (Å²) in [7, 11) is 0. The normalized spacial score (nSPS) is 28.4. The van der Waals surface area contributed by atoms with E-state index < -0.39 is 91.7 Å². The topological polar surface area (TPSA) is 206 Å². The fourth-order valence-electron chi connectivity index (χ4n) is 10.9. The lowest BCUT2D eigenvalue weighted by Crippen LogP contribution is -2.69. The van der Waals surface area contributed by atoms with Gasteiger partial charge in [0.25, 0.3) is 0 Å². The van der Waals surface area contributed by atoms with E-state index in [0.29, 0.717) is 6.61 Å². The largest absolute Gasteiger partial charge is 0.374 e. The van der Waals surface area contributed by atoms with Gasteiger partial charge in [-0.25, -0.2) is 0 Å². The van der Waals surface area contributed by atoms with Gasteiger partial charge < -0.3 is 75.0 Å². The van der Waals surface area contributed by atoms with E-state index in [-0.39, 0.29) is 59.2 Å². The SMILES string of the molecule is NC[C@H]1O[C@H](O[C@H]2[C@H](OCc3ccccc3)[C@@H](O[C@H]3O[C@H](COCc4ccccc4)[C@@H](OCc4ccccc4)[C@H](N)[C@H]3OCc3ccccc3)[C@H](N)C[C@@H]2N)[C@H](OCc2ccccc2)[C@@H](OCc2ccccc2)[C@@H]1OCc1ccccc1. The maximum Gasteiger partial charge on any atom is 0.187 e. The van der Waals surface area contributed by atoms with Crippen molar-refractivity contribution in [1.82, 2.24) is 0 Å². The summed E-state index contributed by atoms with van der Waals surface area (Å²) in [6, 6.07) is 67.4. The Labute approximate surface area is 481 Å². The highest BCUT2D eigenvalue weighted by atomic mass is 16.7. The summed E-state index contributed by atoms with van der Waals surface area (Å²) in [6.07, 6.45) is -10.0. The van der Waals surface area contributed by atoms with E-state index in [1.54, 1.807) is 0 Å². The average Bonchev–Trinajstić information content (AvgIpc) is 3.69. The van der Waals surface area contributed by atoms with Gasteiger partial charge in [-0.3, -0.25) is 0 Å². The minimum atomic E-state index is -1.11. The molecule has 2 aliphatic heterocycles. The fraction of sp³-hybridized carbons (Fsp3) is 0.373. The molecule has 15 nitrogen and oxygen atoms in total. The molecule has 2 saturated heterocycles. The monoisotopic (exact) mass is 1110 g/mol. The van der Waals surface area contributed by atoms with E-state index in [9.17, 15) is 0 Å². The van der Waals surface area contributed by atoms with Crippen LogP contribution in [0.5, 0.6) is 0 Å². The van der Waals surface area contributed by atoms with Gasteiger partial charge in [-0.15, -0.1) is 0 Å². The molecule has 0 radical (unpaired) electrons. The van der Waals surface area contributed by atoms with Gasteiger partial charge in [-0.1, -0.05) is 212 Å². The minimum Gasteiger partial charge on any atom is -0.374 e. The molecule has 0 bridgehead atoms. The van der Waals surface area contributed by atoms with Gasteiger partial charge in [0.2, 0.25) is 0 Å². The molecule has 432 valence electrons. The molecule has 7 aromatic rings. The first kappa shape index (κ1) is 59.1. The molecule has 15 atom stereocenters. The summed E-state index contributed by atoms with van der Waals surface area (Å²) in [5.41, 5.74) is 35.4. The van der Waals surface area contributed by atoms with Crippen molar-refractivity contribution in [3.8, 4) is 0 Å². The second-order valence-electron chi connectivity index (χ2n) is 21.2. The highest BCUT2D eigenvalue weighted by Crippen LogP contribution is 2.37. The number of ether oxygens (including phenoxy) is 11. The molecule has 7 aromatic carbocycles. The Morgan fingerprint density at radius 3 is 0.988 bits per heavy atom. The van der Waals surface area contributed by atoms with Crippen molar-refractivity contribution in [2.24, 2.45) is 22.9 Å². The van der Waals surface area contributed by atoms with Gasteiger partial charge in [0, 0.05) is 18.6 Å². The van der Waals surface area contributed by atoms with Gasteiger partial charge >= 0.3 is 0 Å². The molecule has 15 heteroatoms. The van der Waals surface area contributed by atoms with Crippen LogP contribution in [0.3, 0.4) is 0 Å². The first-order valence-electron chi connectivity index (χ1n) is 28.5. The number of hydrogen-bond donors (Lipinski definition) is 4. The van der Waals surface area contributed by atoms with Crippen molar-refractivity contribution in [2.75, 3.05) is 13.2 Å². The highest BCUT2D eigenvalue weighted by Gasteiger charge is 2.55. The van der Waals surface area contributed by atoms with Crippen molar-refractivity contribution in [3.63, 3.8) is 0 Å². The van der Waals surface area contributed by atoms with Gasteiger partial charge in [0.1, 0.15) is 61.0 Å². The lowest BCUT2D eigenvalue weighted by atomic mass is 9.84. The first-order chi connectivity index (χ1) is 40.4. The Morgan fingerprint density at radius 1 is 0.317 bits per heavy atom. The Hall–Kier alpha value is -6.06. The van der Waals surface area contributed by atoms with Gasteiger partial charge in [-0.05, 0) is 45.4 Å². The van der Waals surface area contributed by atoms with E-state index >= 15 is 0 Å². The van der Waals surface area contributed by atoms with Crippen LogP contribution in [-0.4, -0.2) is 105 Å². The van der Waals surface area contributed by atoms with Gasteiger partial charge in [0.05, 0.1) is 58.9 Å². The third kappa shape index (κ3) is 16.2. The minimum absolute atomic E-state index is 0.0765. The fourth-order valence-corrected chi connectivity index (χ4v) is 10.9. The standard InChI is InChI=1S/C67H78N4O11/c68-37-55-61(74-40-48-26-12-3-13-27-48)64(77-43-51-32-18-6-19-33-51)65(78-44-52-34-20-7-21-35-52)67(79-55)82-59-54(70)36-53(69)58(63(59)76-42-50-30-16-5-17-31-50)81-66-62(75-41-49-28-14-4-15-29-49)57(71)60(73-39-47-24-10-2-11-25-47)56(80-66)45-72-38-46-22-8-1-9-23-46/h1-35,53-67H,36-45,68-71H2/t53-,54+,55-,56-,57+,58+,59-,60-,61-,62-,63-,64+,65-,66-,67-/m1/s1. The number of benzene rings is 7. The molecule has 1 saturated carbocycles. The quantitative estimate of drug-likeness (QED) is 0.0383. The van der Waals surface area contributed by atoms with Crippen LogP contribution in [0.15, 0.2) is 212 Å². The molecule has 1 aliphatic carbocycles.